The van der Waals surface area contributed by atoms with E-state index in [1.54, 1.807) is 24.3 Å². The third kappa shape index (κ3) is 3.33. The lowest BCUT2D eigenvalue weighted by Crippen LogP contribution is -2.12. The number of nitrogens with two attached hydrogens (primary N) is 2. The van der Waals surface area contributed by atoms with Gasteiger partial charge in [0.15, 0.2) is 0 Å². The van der Waals surface area contributed by atoms with Crippen molar-refractivity contribution >= 4 is 5.91 Å². The van der Waals surface area contributed by atoms with Crippen molar-refractivity contribution in [2.45, 2.75) is 13.0 Å². The van der Waals surface area contributed by atoms with Crippen LogP contribution in [0.1, 0.15) is 27.0 Å². The zero-order valence-electron chi connectivity index (χ0n) is 10.5. The summed E-state index contributed by atoms with van der Waals surface area (Å²) in [5.74, 6) is -0.223. The van der Waals surface area contributed by atoms with Gasteiger partial charge in [-0.1, -0.05) is 18.2 Å². The van der Waals surface area contributed by atoms with Crippen molar-refractivity contribution in [3.8, 4) is 5.75 Å². The van der Waals surface area contributed by atoms with E-state index in [-0.39, 0.29) is 5.75 Å². The quantitative estimate of drug-likeness (QED) is 0.775. The molecule has 0 radical (unpaired) electrons. The minimum absolute atomic E-state index is 0.234. The second-order valence-electron chi connectivity index (χ2n) is 4.45. The van der Waals surface area contributed by atoms with E-state index in [9.17, 15) is 9.90 Å². The third-order valence-electron chi connectivity index (χ3n) is 2.92. The molecule has 0 saturated carbocycles. The fourth-order valence-electron chi connectivity index (χ4n) is 1.97. The molecule has 0 aromatic heterocycles. The molecule has 0 aliphatic carbocycles. The fourth-order valence-corrected chi connectivity index (χ4v) is 1.97. The molecule has 2 aromatic carbocycles. The molecular weight excluding hydrogens is 240 g/mol. The summed E-state index contributed by atoms with van der Waals surface area (Å²) in [6.07, 6.45) is 0.661. The molecule has 98 valence electrons. The molecule has 0 aliphatic heterocycles. The topological polar surface area (TPSA) is 89.3 Å². The number of phenolic OH excluding ortho intramolecular Hbond substituents is 1. The van der Waals surface area contributed by atoms with Gasteiger partial charge in [-0.2, -0.15) is 0 Å². The first-order chi connectivity index (χ1) is 9.08. The van der Waals surface area contributed by atoms with Crippen molar-refractivity contribution in [2.75, 3.05) is 0 Å². The van der Waals surface area contributed by atoms with Crippen molar-refractivity contribution < 1.29 is 9.90 Å². The number of benzene rings is 2. The Morgan fingerprint density at radius 1 is 1.00 bits per heavy atom. The molecule has 1 amide bonds. The van der Waals surface area contributed by atoms with Crippen molar-refractivity contribution in [3.05, 3.63) is 64.7 Å². The zero-order valence-corrected chi connectivity index (χ0v) is 10.5. The smallest absolute Gasteiger partial charge is 0.248 e. The lowest BCUT2D eigenvalue weighted by atomic mass is 9.99. The van der Waals surface area contributed by atoms with Crippen LogP contribution >= 0.6 is 0 Å². The van der Waals surface area contributed by atoms with Crippen LogP contribution < -0.4 is 11.5 Å². The highest BCUT2D eigenvalue weighted by Crippen LogP contribution is 2.16. The summed E-state index contributed by atoms with van der Waals surface area (Å²) >= 11 is 0. The minimum atomic E-state index is -0.456. The molecule has 19 heavy (non-hydrogen) atoms. The van der Waals surface area contributed by atoms with Crippen LogP contribution in [0, 0.1) is 0 Å². The van der Waals surface area contributed by atoms with Gasteiger partial charge in [-0.05, 0) is 47.4 Å². The van der Waals surface area contributed by atoms with Gasteiger partial charge in [-0.3, -0.25) is 4.79 Å². The maximum atomic E-state index is 11.3. The van der Waals surface area contributed by atoms with Gasteiger partial charge in [-0.15, -0.1) is 0 Å². The predicted octanol–water partition coefficient (Wildman–Crippen LogP) is 1.54. The number of primary amides is 1. The first-order valence-electron chi connectivity index (χ1n) is 5.99. The summed E-state index contributed by atoms with van der Waals surface area (Å²) in [5, 5.41) is 9.24. The Kier molecular flexibility index (Phi) is 3.82. The van der Waals surface area contributed by atoms with Crippen LogP contribution in [0.2, 0.25) is 0 Å². The molecule has 0 fully saturated rings. The van der Waals surface area contributed by atoms with Crippen molar-refractivity contribution in [3.63, 3.8) is 0 Å². The molecule has 0 saturated heterocycles. The number of hydrogen-bond acceptors (Lipinski definition) is 3. The van der Waals surface area contributed by atoms with Crippen LogP contribution in [0.5, 0.6) is 5.75 Å². The molecular formula is C15H16N2O2. The minimum Gasteiger partial charge on any atom is -0.508 e. The molecule has 0 atom stereocenters. The van der Waals surface area contributed by atoms with E-state index in [1.807, 2.05) is 18.2 Å². The summed E-state index contributed by atoms with van der Waals surface area (Å²) < 4.78 is 0. The van der Waals surface area contributed by atoms with Gasteiger partial charge in [0.25, 0.3) is 0 Å². The van der Waals surface area contributed by atoms with Gasteiger partial charge in [0.1, 0.15) is 5.75 Å². The Labute approximate surface area is 111 Å². The Balaban J connectivity index is 2.31. The zero-order chi connectivity index (χ0) is 13.8. The van der Waals surface area contributed by atoms with Crippen molar-refractivity contribution in [1.29, 1.82) is 0 Å². The van der Waals surface area contributed by atoms with Gasteiger partial charge < -0.3 is 16.6 Å². The number of hydrogen-bond donors (Lipinski definition) is 3. The van der Waals surface area contributed by atoms with E-state index in [1.165, 1.54) is 0 Å². The van der Waals surface area contributed by atoms with E-state index < -0.39 is 5.91 Å². The van der Waals surface area contributed by atoms with Crippen LogP contribution in [0.15, 0.2) is 42.5 Å². The van der Waals surface area contributed by atoms with Gasteiger partial charge in [0, 0.05) is 12.1 Å². The maximum absolute atomic E-state index is 11.3. The van der Waals surface area contributed by atoms with E-state index in [0.717, 1.165) is 16.7 Å². The normalized spacial score (nSPS) is 10.4. The lowest BCUT2D eigenvalue weighted by Gasteiger charge is -2.07. The largest absolute Gasteiger partial charge is 0.508 e. The van der Waals surface area contributed by atoms with Gasteiger partial charge in [0.05, 0.1) is 0 Å². The molecule has 2 aromatic rings. The van der Waals surface area contributed by atoms with Gasteiger partial charge in [0.2, 0.25) is 5.91 Å². The summed E-state index contributed by atoms with van der Waals surface area (Å²) in [4.78, 5) is 11.3. The fraction of sp³-hybridized carbons (Fsp3) is 0.133. The Hall–Kier alpha value is -2.33. The molecule has 0 unspecified atom stereocenters. The Morgan fingerprint density at radius 3 is 2.21 bits per heavy atom. The summed E-state index contributed by atoms with van der Waals surface area (Å²) in [6, 6.07) is 12.4. The standard InChI is InChI=1S/C15H16N2O2/c16-9-12-6-11(7-13(8-12)15(17)19)5-10-1-3-14(18)4-2-10/h1-4,6-8,18H,5,9,16H2,(H2,17,19). The maximum Gasteiger partial charge on any atom is 0.248 e. The number of rotatable bonds is 4. The van der Waals surface area contributed by atoms with Crippen LogP contribution in [0.3, 0.4) is 0 Å². The lowest BCUT2D eigenvalue weighted by molar-refractivity contribution is 0.1000. The first kappa shape index (κ1) is 13.1. The average molecular weight is 256 g/mol. The number of aromatic hydroxyl groups is 1. The number of amides is 1. The number of carbonyl (C=O) groups excluding carboxylic acids is 1. The summed E-state index contributed by atoms with van der Waals surface area (Å²) in [5.41, 5.74) is 14.3. The molecule has 4 nitrogen and oxygen atoms in total. The van der Waals surface area contributed by atoms with Crippen LogP contribution in [0.4, 0.5) is 0 Å². The molecule has 0 spiro atoms. The molecule has 5 N–H and O–H groups in total. The molecule has 0 heterocycles. The summed E-state index contributed by atoms with van der Waals surface area (Å²) in [6.45, 7) is 0.365. The SMILES string of the molecule is NCc1cc(Cc2ccc(O)cc2)cc(C(N)=O)c1. The number of phenols is 1. The molecule has 4 heteroatoms. The van der Waals surface area contributed by atoms with Crippen molar-refractivity contribution in [2.24, 2.45) is 11.5 Å². The first-order valence-corrected chi connectivity index (χ1v) is 5.99. The monoisotopic (exact) mass is 256 g/mol. The second kappa shape index (κ2) is 5.54. The molecule has 2 rings (SSSR count). The van der Waals surface area contributed by atoms with Crippen LogP contribution in [0.25, 0.3) is 0 Å². The second-order valence-corrected chi connectivity index (χ2v) is 4.45. The Morgan fingerprint density at radius 2 is 1.63 bits per heavy atom. The van der Waals surface area contributed by atoms with E-state index in [0.29, 0.717) is 18.5 Å². The third-order valence-corrected chi connectivity index (χ3v) is 2.92. The highest BCUT2D eigenvalue weighted by atomic mass is 16.3. The highest BCUT2D eigenvalue weighted by molar-refractivity contribution is 5.93. The van der Waals surface area contributed by atoms with Crippen LogP contribution in [-0.2, 0) is 13.0 Å². The average Bonchev–Trinajstić information content (AvgIpc) is 2.41. The molecule has 0 bridgehead atoms. The molecule has 0 aliphatic rings. The van der Waals surface area contributed by atoms with E-state index >= 15 is 0 Å². The Bertz CT molecular complexity index is 592. The van der Waals surface area contributed by atoms with Crippen LogP contribution in [-0.4, -0.2) is 11.0 Å². The summed E-state index contributed by atoms with van der Waals surface area (Å²) in [7, 11) is 0. The van der Waals surface area contributed by atoms with E-state index in [4.69, 9.17) is 11.5 Å². The van der Waals surface area contributed by atoms with Gasteiger partial charge in [-0.25, -0.2) is 0 Å². The van der Waals surface area contributed by atoms with E-state index in [2.05, 4.69) is 0 Å². The number of carbonyl (C=O) groups is 1. The van der Waals surface area contributed by atoms with Gasteiger partial charge >= 0.3 is 0 Å². The van der Waals surface area contributed by atoms with Crippen molar-refractivity contribution in [1.82, 2.24) is 0 Å². The predicted molar refractivity (Wildman–Crippen MR) is 73.8 cm³/mol. The highest BCUT2D eigenvalue weighted by Gasteiger charge is 2.06.